The van der Waals surface area contributed by atoms with Crippen LogP contribution in [-0.2, 0) is 21.3 Å². The number of carbonyl (C=O) groups excluding carboxylic acids is 2. The molecule has 0 aliphatic rings. The van der Waals surface area contributed by atoms with E-state index in [4.69, 9.17) is 4.74 Å². The van der Waals surface area contributed by atoms with Gasteiger partial charge in [-0.25, -0.2) is 17.9 Å². The minimum Gasteiger partial charge on any atom is -0.449 e. The lowest BCUT2D eigenvalue weighted by Crippen LogP contribution is -2.30. The van der Waals surface area contributed by atoms with Gasteiger partial charge in [-0.15, -0.1) is 0 Å². The van der Waals surface area contributed by atoms with E-state index in [0.29, 0.717) is 18.8 Å². The van der Waals surface area contributed by atoms with E-state index in [1.165, 1.54) is 12.1 Å². The number of nitrogens with zero attached hydrogens (tertiary/aromatic N) is 1. The molecule has 0 aliphatic carbocycles. The Morgan fingerprint density at radius 3 is 2.47 bits per heavy atom. The van der Waals surface area contributed by atoms with Gasteiger partial charge in [-0.3, -0.25) is 10.1 Å². The fourth-order valence-corrected chi connectivity index (χ4v) is 4.65. The number of carbonyl (C=O) groups is 2. The molecule has 2 amide bonds. The van der Waals surface area contributed by atoms with E-state index in [1.54, 1.807) is 42.5 Å². The molecule has 0 bridgehead atoms. The summed E-state index contributed by atoms with van der Waals surface area (Å²) in [5, 5.41) is 3.54. The molecule has 0 fully saturated rings. The number of ether oxygens (including phenoxy) is 1. The van der Waals surface area contributed by atoms with Gasteiger partial charge in [0.15, 0.2) is 0 Å². The molecular weight excluding hydrogens is 478 g/mol. The van der Waals surface area contributed by atoms with Gasteiger partial charge in [0.05, 0.1) is 11.5 Å². The molecule has 0 radical (unpaired) electrons. The second-order valence-corrected chi connectivity index (χ2v) is 10.5. The number of anilines is 1. The highest BCUT2D eigenvalue weighted by Crippen LogP contribution is 2.21. The number of amides is 2. The second kappa shape index (κ2) is 10.7. The molecule has 0 spiro atoms. The van der Waals surface area contributed by atoms with Crippen LogP contribution >= 0.6 is 0 Å². The van der Waals surface area contributed by atoms with E-state index < -0.39 is 22.0 Å². The maximum absolute atomic E-state index is 12.6. The molecule has 4 rings (SSSR count). The van der Waals surface area contributed by atoms with Crippen molar-refractivity contribution in [2.75, 3.05) is 11.9 Å². The fourth-order valence-electron chi connectivity index (χ4n) is 3.66. The highest BCUT2D eigenvalue weighted by atomic mass is 32.2. The Bertz CT molecular complexity index is 1490. The van der Waals surface area contributed by atoms with Crippen LogP contribution in [0.15, 0.2) is 90.0 Å². The summed E-state index contributed by atoms with van der Waals surface area (Å²) in [7, 11) is -3.96. The van der Waals surface area contributed by atoms with Gasteiger partial charge in [0.2, 0.25) is 0 Å². The van der Waals surface area contributed by atoms with Crippen molar-refractivity contribution >= 4 is 38.6 Å². The van der Waals surface area contributed by atoms with Crippen LogP contribution in [0.1, 0.15) is 29.8 Å². The zero-order valence-electron chi connectivity index (χ0n) is 20.0. The minimum atomic E-state index is -3.96. The van der Waals surface area contributed by atoms with Crippen LogP contribution in [0.5, 0.6) is 0 Å². The molecule has 3 aromatic carbocycles. The van der Waals surface area contributed by atoms with Crippen molar-refractivity contribution in [1.29, 1.82) is 0 Å². The van der Waals surface area contributed by atoms with Crippen LogP contribution < -0.4 is 10.0 Å². The van der Waals surface area contributed by atoms with Crippen molar-refractivity contribution in [3.63, 3.8) is 0 Å². The molecule has 1 heterocycles. The second-order valence-electron chi connectivity index (χ2n) is 8.78. The van der Waals surface area contributed by atoms with Gasteiger partial charge in [-0.05, 0) is 60.0 Å². The summed E-state index contributed by atoms with van der Waals surface area (Å²) >= 11 is 0. The first-order chi connectivity index (χ1) is 17.2. The molecule has 2 N–H and O–H groups in total. The standard InChI is InChI=1S/C27H27N3O5S/c1-19(2)18-35-27(32)28-23-8-6-7-20(15-23)17-30-14-13-21-16-22(11-12-25(21)30)26(31)29-36(33,34)24-9-4-3-5-10-24/h3-16,19H,17-18H2,1-2H3,(H,28,32)(H,29,31). The first-order valence-electron chi connectivity index (χ1n) is 11.4. The van der Waals surface area contributed by atoms with E-state index in [9.17, 15) is 18.0 Å². The van der Waals surface area contributed by atoms with E-state index in [2.05, 4.69) is 10.0 Å². The van der Waals surface area contributed by atoms with E-state index >= 15 is 0 Å². The summed E-state index contributed by atoms with van der Waals surface area (Å²) in [6.07, 6.45) is 1.40. The third kappa shape index (κ3) is 6.11. The monoisotopic (exact) mass is 505 g/mol. The van der Waals surface area contributed by atoms with Gasteiger partial charge in [0.25, 0.3) is 15.9 Å². The van der Waals surface area contributed by atoms with Crippen molar-refractivity contribution in [2.24, 2.45) is 5.92 Å². The zero-order valence-corrected chi connectivity index (χ0v) is 20.8. The summed E-state index contributed by atoms with van der Waals surface area (Å²) in [6, 6.07) is 22.1. The molecule has 36 heavy (non-hydrogen) atoms. The van der Waals surface area contributed by atoms with Gasteiger partial charge < -0.3 is 9.30 Å². The molecule has 0 aliphatic heterocycles. The Morgan fingerprint density at radius 1 is 0.944 bits per heavy atom. The van der Waals surface area contributed by atoms with Crippen LogP contribution in [0, 0.1) is 5.92 Å². The largest absolute Gasteiger partial charge is 0.449 e. The van der Waals surface area contributed by atoms with Gasteiger partial charge >= 0.3 is 6.09 Å². The molecule has 0 atom stereocenters. The SMILES string of the molecule is CC(C)COC(=O)Nc1cccc(Cn2ccc3cc(C(=O)NS(=O)(=O)c4ccccc4)ccc32)c1. The average molecular weight is 506 g/mol. The Kier molecular flexibility index (Phi) is 7.40. The Labute approximate surface area is 209 Å². The lowest BCUT2D eigenvalue weighted by atomic mass is 10.1. The highest BCUT2D eigenvalue weighted by Gasteiger charge is 2.19. The Hall–Kier alpha value is -4.11. The summed E-state index contributed by atoms with van der Waals surface area (Å²) in [4.78, 5) is 24.6. The number of aromatic nitrogens is 1. The van der Waals surface area contributed by atoms with E-state index in [0.717, 1.165) is 16.5 Å². The molecule has 4 aromatic rings. The number of rotatable bonds is 8. The molecule has 9 heteroatoms. The van der Waals surface area contributed by atoms with Crippen molar-refractivity contribution in [2.45, 2.75) is 25.3 Å². The lowest BCUT2D eigenvalue weighted by molar-refractivity contribution is 0.0981. The molecule has 0 unspecified atom stereocenters. The molecular formula is C27H27N3O5S. The lowest BCUT2D eigenvalue weighted by Gasteiger charge is -2.11. The van der Waals surface area contributed by atoms with E-state index in [-0.39, 0.29) is 16.4 Å². The number of benzene rings is 3. The number of fused-ring (bicyclic) bond motifs is 1. The molecule has 8 nitrogen and oxygen atoms in total. The number of nitrogens with one attached hydrogen (secondary N) is 2. The highest BCUT2D eigenvalue weighted by molar-refractivity contribution is 7.90. The summed E-state index contributed by atoms with van der Waals surface area (Å²) in [5.74, 6) is -0.444. The Balaban J connectivity index is 1.46. The molecule has 186 valence electrons. The number of sulfonamides is 1. The first-order valence-corrected chi connectivity index (χ1v) is 12.9. The smallest absolute Gasteiger partial charge is 0.411 e. The number of hydrogen-bond acceptors (Lipinski definition) is 5. The van der Waals surface area contributed by atoms with Crippen molar-refractivity contribution in [3.05, 3.63) is 96.2 Å². The molecule has 0 saturated carbocycles. The molecule has 1 aromatic heterocycles. The number of hydrogen-bond donors (Lipinski definition) is 2. The predicted octanol–water partition coefficient (Wildman–Crippen LogP) is 5.01. The zero-order chi connectivity index (χ0) is 25.7. The quantitative estimate of drug-likeness (QED) is 0.350. The van der Waals surface area contributed by atoms with Crippen molar-refractivity contribution in [3.8, 4) is 0 Å². The summed E-state index contributed by atoms with van der Waals surface area (Å²) in [5.41, 5.74) is 2.72. The maximum atomic E-state index is 12.6. The van der Waals surface area contributed by atoms with Crippen LogP contribution in [0.3, 0.4) is 0 Å². The molecule has 0 saturated heterocycles. The maximum Gasteiger partial charge on any atom is 0.411 e. The van der Waals surface area contributed by atoms with Crippen LogP contribution in [-0.4, -0.2) is 31.6 Å². The van der Waals surface area contributed by atoms with Crippen LogP contribution in [0.4, 0.5) is 10.5 Å². The average Bonchev–Trinajstić information content (AvgIpc) is 3.25. The van der Waals surface area contributed by atoms with Crippen molar-refractivity contribution < 1.29 is 22.7 Å². The van der Waals surface area contributed by atoms with E-state index in [1.807, 2.05) is 48.9 Å². The normalized spacial score (nSPS) is 11.4. The predicted molar refractivity (Wildman–Crippen MR) is 138 cm³/mol. The topological polar surface area (TPSA) is 106 Å². The summed E-state index contributed by atoms with van der Waals surface area (Å²) in [6.45, 7) is 4.82. The van der Waals surface area contributed by atoms with Gasteiger partial charge in [-0.2, -0.15) is 0 Å². The third-order valence-electron chi connectivity index (χ3n) is 5.39. The van der Waals surface area contributed by atoms with Gasteiger partial charge in [0.1, 0.15) is 0 Å². The van der Waals surface area contributed by atoms with Crippen LogP contribution in [0.2, 0.25) is 0 Å². The third-order valence-corrected chi connectivity index (χ3v) is 6.73. The summed E-state index contributed by atoms with van der Waals surface area (Å²) < 4.78 is 34.3. The van der Waals surface area contributed by atoms with Crippen molar-refractivity contribution in [1.82, 2.24) is 9.29 Å². The van der Waals surface area contributed by atoms with Gasteiger partial charge in [-0.1, -0.05) is 44.2 Å². The first kappa shape index (κ1) is 25.0. The van der Waals surface area contributed by atoms with Gasteiger partial charge in [0, 0.05) is 34.9 Å². The fraction of sp³-hybridized carbons (Fsp3) is 0.185. The minimum absolute atomic E-state index is 0.0236. The van der Waals surface area contributed by atoms with Crippen LogP contribution in [0.25, 0.3) is 10.9 Å². The Morgan fingerprint density at radius 2 is 1.72 bits per heavy atom.